The van der Waals surface area contributed by atoms with Crippen molar-refractivity contribution in [3.8, 4) is 0 Å². The molecule has 2 rings (SSSR count). The number of hydrogen-bond acceptors (Lipinski definition) is 4. The number of halogens is 2. The van der Waals surface area contributed by atoms with E-state index in [4.69, 9.17) is 17.4 Å². The zero-order valence-electron chi connectivity index (χ0n) is 10.5. The van der Waals surface area contributed by atoms with Crippen molar-refractivity contribution in [2.45, 2.75) is 25.9 Å². The van der Waals surface area contributed by atoms with Gasteiger partial charge in [0.05, 0.1) is 6.04 Å². The van der Waals surface area contributed by atoms with Crippen LogP contribution in [0, 0.1) is 0 Å². The molecular weight excluding hydrogens is 330 g/mol. The van der Waals surface area contributed by atoms with Gasteiger partial charge in [-0.3, -0.25) is 16.0 Å². The first-order valence-corrected chi connectivity index (χ1v) is 7.10. The summed E-state index contributed by atoms with van der Waals surface area (Å²) in [4.78, 5) is 4.26. The van der Waals surface area contributed by atoms with Crippen molar-refractivity contribution in [3.05, 3.63) is 45.4 Å². The molecule has 0 amide bonds. The molecule has 7 heteroatoms. The monoisotopic (exact) mass is 343 g/mol. The molecule has 1 aromatic carbocycles. The van der Waals surface area contributed by atoms with Gasteiger partial charge in [0.25, 0.3) is 0 Å². The largest absolute Gasteiger partial charge is 0.271 e. The number of nitrogens with zero attached hydrogens (tertiary/aromatic N) is 3. The molecule has 1 atom stereocenters. The highest BCUT2D eigenvalue weighted by Gasteiger charge is 2.15. The van der Waals surface area contributed by atoms with Crippen LogP contribution < -0.4 is 11.3 Å². The van der Waals surface area contributed by atoms with Crippen molar-refractivity contribution >= 4 is 27.5 Å². The fourth-order valence-corrected chi connectivity index (χ4v) is 2.83. The van der Waals surface area contributed by atoms with Gasteiger partial charge in [-0.15, -0.1) is 0 Å². The molecule has 0 aliphatic heterocycles. The van der Waals surface area contributed by atoms with E-state index in [0.29, 0.717) is 11.4 Å². The molecule has 0 saturated carbocycles. The van der Waals surface area contributed by atoms with Gasteiger partial charge in [0.15, 0.2) is 0 Å². The minimum atomic E-state index is -0.0653. The van der Waals surface area contributed by atoms with Crippen molar-refractivity contribution < 1.29 is 0 Å². The molecule has 3 N–H and O–H groups in total. The lowest BCUT2D eigenvalue weighted by Gasteiger charge is -2.17. The van der Waals surface area contributed by atoms with Gasteiger partial charge >= 0.3 is 0 Å². The SMILES string of the molecule is CCn1ncnc1CC(NN)c1cc(Cl)cc(Br)c1. The number of aromatic nitrogens is 3. The van der Waals surface area contributed by atoms with Gasteiger partial charge in [0.2, 0.25) is 0 Å². The van der Waals surface area contributed by atoms with E-state index in [2.05, 4.69) is 31.4 Å². The van der Waals surface area contributed by atoms with Crippen LogP contribution in [0.2, 0.25) is 5.02 Å². The Balaban J connectivity index is 2.25. The molecule has 0 fully saturated rings. The molecular formula is C12H15BrClN5. The molecule has 0 aliphatic rings. The number of hydrazine groups is 1. The first kappa shape index (κ1) is 14.5. The topological polar surface area (TPSA) is 68.8 Å². The molecule has 19 heavy (non-hydrogen) atoms. The van der Waals surface area contributed by atoms with Gasteiger partial charge < -0.3 is 0 Å². The van der Waals surface area contributed by atoms with Gasteiger partial charge in [0.1, 0.15) is 12.2 Å². The number of nitrogens with one attached hydrogen (secondary N) is 1. The van der Waals surface area contributed by atoms with Gasteiger partial charge in [-0.05, 0) is 30.7 Å². The van der Waals surface area contributed by atoms with E-state index >= 15 is 0 Å². The van der Waals surface area contributed by atoms with Crippen molar-refractivity contribution in [2.75, 3.05) is 0 Å². The summed E-state index contributed by atoms with van der Waals surface area (Å²) in [5.74, 6) is 6.54. The molecule has 5 nitrogen and oxygen atoms in total. The second-order valence-electron chi connectivity index (χ2n) is 4.12. The standard InChI is InChI=1S/C12H15BrClN5/c1-2-19-12(16-7-17-19)6-11(18-15)8-3-9(13)5-10(14)4-8/h3-5,7,11,18H,2,6,15H2,1H3. The highest BCUT2D eigenvalue weighted by Crippen LogP contribution is 2.25. The predicted molar refractivity (Wildman–Crippen MR) is 78.6 cm³/mol. The summed E-state index contributed by atoms with van der Waals surface area (Å²) in [6, 6.07) is 5.66. The molecule has 0 spiro atoms. The molecule has 1 heterocycles. The van der Waals surface area contributed by atoms with Crippen LogP contribution in [0.25, 0.3) is 0 Å². The molecule has 1 unspecified atom stereocenters. The Hall–Kier alpha value is -0.950. The van der Waals surface area contributed by atoms with Gasteiger partial charge in [-0.2, -0.15) is 5.10 Å². The molecule has 2 aromatic rings. The Labute approximate surface area is 125 Å². The quantitative estimate of drug-likeness (QED) is 0.646. The second kappa shape index (κ2) is 6.47. The van der Waals surface area contributed by atoms with E-state index in [1.54, 1.807) is 6.33 Å². The fourth-order valence-electron chi connectivity index (χ4n) is 1.94. The first-order chi connectivity index (χ1) is 9.13. The molecule has 0 radical (unpaired) electrons. The van der Waals surface area contributed by atoms with Crippen molar-refractivity contribution in [1.82, 2.24) is 20.2 Å². The maximum absolute atomic E-state index is 6.06. The van der Waals surface area contributed by atoms with Crippen molar-refractivity contribution in [1.29, 1.82) is 0 Å². The third-order valence-corrected chi connectivity index (χ3v) is 3.55. The summed E-state index contributed by atoms with van der Waals surface area (Å²) in [5.41, 5.74) is 3.81. The third-order valence-electron chi connectivity index (χ3n) is 2.87. The molecule has 0 aliphatic carbocycles. The van der Waals surface area contributed by atoms with Crippen LogP contribution in [0.5, 0.6) is 0 Å². The van der Waals surface area contributed by atoms with Crippen LogP contribution >= 0.6 is 27.5 Å². The zero-order valence-corrected chi connectivity index (χ0v) is 12.8. The Morgan fingerprint density at radius 3 is 2.89 bits per heavy atom. The Morgan fingerprint density at radius 2 is 2.26 bits per heavy atom. The molecule has 102 valence electrons. The maximum atomic E-state index is 6.06. The molecule has 0 bridgehead atoms. The van der Waals surface area contributed by atoms with Crippen LogP contribution in [0.4, 0.5) is 0 Å². The summed E-state index contributed by atoms with van der Waals surface area (Å²) in [6.07, 6.45) is 2.21. The van der Waals surface area contributed by atoms with Gasteiger partial charge in [-0.1, -0.05) is 27.5 Å². The number of rotatable bonds is 5. The smallest absolute Gasteiger partial charge is 0.138 e. The van der Waals surface area contributed by atoms with Crippen LogP contribution in [0.3, 0.4) is 0 Å². The molecule has 0 saturated heterocycles. The number of hydrogen-bond donors (Lipinski definition) is 2. The van der Waals surface area contributed by atoms with Crippen LogP contribution in [0.1, 0.15) is 24.4 Å². The second-order valence-corrected chi connectivity index (χ2v) is 5.47. The van der Waals surface area contributed by atoms with Crippen molar-refractivity contribution in [3.63, 3.8) is 0 Å². The number of benzene rings is 1. The van der Waals surface area contributed by atoms with Crippen LogP contribution in [-0.2, 0) is 13.0 Å². The lowest BCUT2D eigenvalue weighted by atomic mass is 10.0. The Morgan fingerprint density at radius 1 is 1.47 bits per heavy atom. The van der Waals surface area contributed by atoms with Crippen LogP contribution in [0.15, 0.2) is 29.0 Å². The Bertz CT molecular complexity index is 537. The van der Waals surface area contributed by atoms with E-state index in [1.807, 2.05) is 29.8 Å². The van der Waals surface area contributed by atoms with E-state index in [9.17, 15) is 0 Å². The summed E-state index contributed by atoms with van der Waals surface area (Å²) < 4.78 is 2.77. The summed E-state index contributed by atoms with van der Waals surface area (Å²) in [7, 11) is 0. The predicted octanol–water partition coefficient (Wildman–Crippen LogP) is 2.46. The van der Waals surface area contributed by atoms with Gasteiger partial charge in [0, 0.05) is 22.5 Å². The highest BCUT2D eigenvalue weighted by atomic mass is 79.9. The highest BCUT2D eigenvalue weighted by molar-refractivity contribution is 9.10. The normalized spacial score (nSPS) is 12.6. The summed E-state index contributed by atoms with van der Waals surface area (Å²) >= 11 is 9.49. The Kier molecular flexibility index (Phi) is 4.93. The van der Waals surface area contributed by atoms with E-state index in [-0.39, 0.29) is 6.04 Å². The van der Waals surface area contributed by atoms with Crippen molar-refractivity contribution in [2.24, 2.45) is 5.84 Å². The zero-order chi connectivity index (χ0) is 13.8. The molecule has 1 aromatic heterocycles. The average Bonchev–Trinajstić information content (AvgIpc) is 2.81. The van der Waals surface area contributed by atoms with E-state index < -0.39 is 0 Å². The first-order valence-electron chi connectivity index (χ1n) is 5.92. The average molecular weight is 345 g/mol. The summed E-state index contributed by atoms with van der Waals surface area (Å²) in [5, 5.41) is 4.82. The fraction of sp³-hybridized carbons (Fsp3) is 0.333. The lowest BCUT2D eigenvalue weighted by molar-refractivity contribution is 0.510. The number of aryl methyl sites for hydroxylation is 1. The van der Waals surface area contributed by atoms with Gasteiger partial charge in [-0.25, -0.2) is 4.98 Å². The summed E-state index contributed by atoms with van der Waals surface area (Å²) in [6.45, 7) is 2.81. The van der Waals surface area contributed by atoms with E-state index in [1.165, 1.54) is 0 Å². The lowest BCUT2D eigenvalue weighted by Crippen LogP contribution is -2.30. The minimum absolute atomic E-state index is 0.0653. The minimum Gasteiger partial charge on any atom is -0.271 e. The maximum Gasteiger partial charge on any atom is 0.138 e. The van der Waals surface area contributed by atoms with Crippen LogP contribution in [-0.4, -0.2) is 14.8 Å². The van der Waals surface area contributed by atoms with E-state index in [0.717, 1.165) is 22.4 Å². The number of nitrogens with two attached hydrogens (primary N) is 1. The third kappa shape index (κ3) is 3.54.